The number of benzene rings is 1. The predicted octanol–water partition coefficient (Wildman–Crippen LogP) is 2.41. The van der Waals surface area contributed by atoms with Crippen LogP contribution in [0.15, 0.2) is 18.2 Å². The summed E-state index contributed by atoms with van der Waals surface area (Å²) in [6.45, 7) is 5.92. The minimum atomic E-state index is 0.146. The normalized spacial score (nSPS) is 16.1. The minimum Gasteiger partial charge on any atom is -0.508 e. The number of aromatic hydroxyl groups is 1. The van der Waals surface area contributed by atoms with Crippen LogP contribution in [0.1, 0.15) is 44.7 Å². The van der Waals surface area contributed by atoms with Crippen LogP contribution in [-0.4, -0.2) is 36.0 Å². The quantitative estimate of drug-likeness (QED) is 0.683. The van der Waals surface area contributed by atoms with E-state index in [4.69, 9.17) is 5.11 Å². The van der Waals surface area contributed by atoms with Gasteiger partial charge in [-0.1, -0.05) is 13.0 Å². The van der Waals surface area contributed by atoms with Crippen molar-refractivity contribution in [1.29, 1.82) is 0 Å². The first kappa shape index (κ1) is 15.1. The van der Waals surface area contributed by atoms with Crippen LogP contribution >= 0.6 is 0 Å². The molecule has 1 fully saturated rings. The highest BCUT2D eigenvalue weighted by atomic mass is 16.3. The van der Waals surface area contributed by atoms with Gasteiger partial charge in [-0.3, -0.25) is 0 Å². The van der Waals surface area contributed by atoms with Crippen LogP contribution in [0.25, 0.3) is 0 Å². The molecule has 0 bridgehead atoms. The number of phenols is 1. The number of aliphatic hydroxyl groups is 1. The maximum absolute atomic E-state index is 10.3. The molecular weight excluding hydrogens is 252 g/mol. The van der Waals surface area contributed by atoms with Gasteiger partial charge in [-0.05, 0) is 38.8 Å². The fourth-order valence-electron chi connectivity index (χ4n) is 2.56. The van der Waals surface area contributed by atoms with Gasteiger partial charge in [0.1, 0.15) is 5.75 Å². The molecule has 0 saturated heterocycles. The lowest BCUT2D eigenvalue weighted by molar-refractivity contribution is 0.301. The van der Waals surface area contributed by atoms with E-state index in [-0.39, 0.29) is 12.6 Å². The zero-order valence-electron chi connectivity index (χ0n) is 12.5. The Morgan fingerprint density at radius 3 is 2.70 bits per heavy atom. The van der Waals surface area contributed by atoms with E-state index in [1.54, 1.807) is 0 Å². The maximum atomic E-state index is 10.3. The van der Waals surface area contributed by atoms with Crippen molar-refractivity contribution in [3.63, 3.8) is 0 Å². The molecule has 4 nitrogen and oxygen atoms in total. The van der Waals surface area contributed by atoms with Crippen molar-refractivity contribution < 1.29 is 10.2 Å². The number of aliphatic hydroxyl groups excluding tert-OH is 1. The van der Waals surface area contributed by atoms with E-state index in [1.165, 1.54) is 12.8 Å². The van der Waals surface area contributed by atoms with Crippen molar-refractivity contribution in [2.45, 2.75) is 45.2 Å². The summed E-state index contributed by atoms with van der Waals surface area (Å²) in [7, 11) is 0. The number of hydrogen-bond donors (Lipinski definition) is 3. The fraction of sp³-hybridized carbons (Fsp3) is 0.625. The van der Waals surface area contributed by atoms with E-state index in [0.717, 1.165) is 24.2 Å². The molecule has 112 valence electrons. The van der Waals surface area contributed by atoms with Gasteiger partial charge in [-0.25, -0.2) is 0 Å². The molecule has 0 aliphatic heterocycles. The fourth-order valence-corrected chi connectivity index (χ4v) is 2.56. The number of nitrogens with one attached hydrogen (secondary N) is 1. The van der Waals surface area contributed by atoms with E-state index in [0.29, 0.717) is 18.3 Å². The van der Waals surface area contributed by atoms with Gasteiger partial charge in [0.2, 0.25) is 0 Å². The number of anilines is 1. The summed E-state index contributed by atoms with van der Waals surface area (Å²) in [5.74, 6) is 0.335. The van der Waals surface area contributed by atoms with E-state index < -0.39 is 0 Å². The van der Waals surface area contributed by atoms with Crippen LogP contribution in [0.3, 0.4) is 0 Å². The summed E-state index contributed by atoms with van der Waals surface area (Å²) in [6, 6.07) is 6.55. The summed E-state index contributed by atoms with van der Waals surface area (Å²) < 4.78 is 0. The molecule has 1 atom stereocenters. The van der Waals surface area contributed by atoms with Crippen molar-refractivity contribution in [3.8, 4) is 5.75 Å². The molecule has 1 aliphatic rings. The van der Waals surface area contributed by atoms with Gasteiger partial charge in [0, 0.05) is 35.9 Å². The lowest BCUT2D eigenvalue weighted by atomic mass is 10.1. The van der Waals surface area contributed by atoms with Crippen LogP contribution in [-0.2, 0) is 0 Å². The first-order chi connectivity index (χ1) is 9.67. The smallest absolute Gasteiger partial charge is 0.122 e. The third-order valence-electron chi connectivity index (χ3n) is 3.84. The lowest BCUT2D eigenvalue weighted by Gasteiger charge is -2.25. The summed E-state index contributed by atoms with van der Waals surface area (Å²) in [5, 5.41) is 22.8. The Balaban J connectivity index is 2.11. The number of rotatable bonds is 8. The summed E-state index contributed by atoms with van der Waals surface area (Å²) in [5.41, 5.74) is 1.94. The molecule has 3 N–H and O–H groups in total. The van der Waals surface area contributed by atoms with Crippen LogP contribution in [0.2, 0.25) is 0 Å². The van der Waals surface area contributed by atoms with Crippen LogP contribution in [0.4, 0.5) is 5.69 Å². The van der Waals surface area contributed by atoms with Crippen LogP contribution in [0.5, 0.6) is 5.75 Å². The molecule has 0 aromatic heterocycles. The molecule has 1 saturated carbocycles. The van der Waals surface area contributed by atoms with E-state index in [9.17, 15) is 5.11 Å². The Hall–Kier alpha value is -1.26. The average molecular weight is 278 g/mol. The molecular formula is C16H26N2O2. The number of phenolic OH excluding ortho intramolecular Hbond substituents is 1. The van der Waals surface area contributed by atoms with Gasteiger partial charge in [0.25, 0.3) is 0 Å². The molecule has 2 rings (SSSR count). The monoisotopic (exact) mass is 278 g/mol. The maximum Gasteiger partial charge on any atom is 0.122 e. The molecule has 0 spiro atoms. The molecule has 1 aromatic rings. The van der Waals surface area contributed by atoms with Gasteiger partial charge in [-0.2, -0.15) is 0 Å². The van der Waals surface area contributed by atoms with Crippen LogP contribution in [0, 0.1) is 0 Å². The highest BCUT2D eigenvalue weighted by molar-refractivity contribution is 5.55. The SMILES string of the molecule is CCCNC(C)c1ccc(N(CCO)C2CC2)cc1O. The van der Waals surface area contributed by atoms with Gasteiger partial charge >= 0.3 is 0 Å². The first-order valence-corrected chi connectivity index (χ1v) is 7.61. The zero-order chi connectivity index (χ0) is 14.5. The largest absolute Gasteiger partial charge is 0.508 e. The summed E-state index contributed by atoms with van der Waals surface area (Å²) in [4.78, 5) is 2.19. The second-order valence-corrected chi connectivity index (χ2v) is 5.57. The van der Waals surface area contributed by atoms with Crippen LogP contribution < -0.4 is 10.2 Å². The Kier molecular flexibility index (Phi) is 5.26. The highest BCUT2D eigenvalue weighted by Gasteiger charge is 2.29. The van der Waals surface area contributed by atoms with Crippen molar-refractivity contribution in [2.24, 2.45) is 0 Å². The van der Waals surface area contributed by atoms with E-state index >= 15 is 0 Å². The topological polar surface area (TPSA) is 55.7 Å². The van der Waals surface area contributed by atoms with Crippen molar-refractivity contribution in [3.05, 3.63) is 23.8 Å². The molecule has 0 radical (unpaired) electrons. The van der Waals surface area contributed by atoms with Gasteiger partial charge in [-0.15, -0.1) is 0 Å². The Bertz CT molecular complexity index is 432. The van der Waals surface area contributed by atoms with Crippen molar-refractivity contribution in [1.82, 2.24) is 5.32 Å². The van der Waals surface area contributed by atoms with Gasteiger partial charge < -0.3 is 20.4 Å². The molecule has 1 aromatic carbocycles. The van der Waals surface area contributed by atoms with E-state index in [1.807, 2.05) is 18.2 Å². The zero-order valence-corrected chi connectivity index (χ0v) is 12.5. The van der Waals surface area contributed by atoms with Gasteiger partial charge in [0.15, 0.2) is 0 Å². The summed E-state index contributed by atoms with van der Waals surface area (Å²) in [6.07, 6.45) is 3.43. The third-order valence-corrected chi connectivity index (χ3v) is 3.84. The Morgan fingerprint density at radius 2 is 2.15 bits per heavy atom. The third kappa shape index (κ3) is 3.64. The Labute approximate surface area is 121 Å². The molecule has 0 heterocycles. The second kappa shape index (κ2) is 6.95. The second-order valence-electron chi connectivity index (χ2n) is 5.57. The molecule has 1 aliphatic carbocycles. The lowest BCUT2D eigenvalue weighted by Crippen LogP contribution is -2.28. The first-order valence-electron chi connectivity index (χ1n) is 7.61. The average Bonchev–Trinajstić information content (AvgIpc) is 3.26. The predicted molar refractivity (Wildman–Crippen MR) is 82.3 cm³/mol. The number of hydrogen-bond acceptors (Lipinski definition) is 4. The van der Waals surface area contributed by atoms with Crippen molar-refractivity contribution in [2.75, 3.05) is 24.6 Å². The van der Waals surface area contributed by atoms with Gasteiger partial charge in [0.05, 0.1) is 6.61 Å². The van der Waals surface area contributed by atoms with E-state index in [2.05, 4.69) is 24.1 Å². The molecule has 1 unspecified atom stereocenters. The number of nitrogens with zero attached hydrogens (tertiary/aromatic N) is 1. The minimum absolute atomic E-state index is 0.146. The molecule has 20 heavy (non-hydrogen) atoms. The molecule has 4 heteroatoms. The molecule has 0 amide bonds. The Morgan fingerprint density at radius 1 is 1.40 bits per heavy atom. The highest BCUT2D eigenvalue weighted by Crippen LogP contribution is 2.35. The standard InChI is InChI=1S/C16H26N2O2/c1-3-8-17-12(2)15-7-6-14(11-16(15)20)18(9-10-19)13-4-5-13/h6-7,11-13,17,19-20H,3-5,8-10H2,1-2H3. The van der Waals surface area contributed by atoms with Crippen molar-refractivity contribution >= 4 is 5.69 Å². The summed E-state index contributed by atoms with van der Waals surface area (Å²) >= 11 is 0.